The van der Waals surface area contributed by atoms with Crippen LogP contribution in [0.1, 0.15) is 30.6 Å². The van der Waals surface area contributed by atoms with Crippen molar-refractivity contribution in [1.82, 2.24) is 10.9 Å². The van der Waals surface area contributed by atoms with E-state index in [4.69, 9.17) is 4.74 Å². The Labute approximate surface area is 147 Å². The standard InChI is InChI=1S/C19H23N3O3/c1-14(2)12-13-25-17-10-8-15(9-11-17)18(23)21-22-19(24)20-16-6-4-3-5-7-16/h3-11,14H,12-13H2,1-2H3,(H,21,23)(H2,20,22,24). The Morgan fingerprint density at radius 2 is 1.64 bits per heavy atom. The van der Waals surface area contributed by atoms with Gasteiger partial charge < -0.3 is 10.1 Å². The lowest BCUT2D eigenvalue weighted by Crippen LogP contribution is -2.43. The highest BCUT2D eigenvalue weighted by molar-refractivity contribution is 5.97. The Kier molecular flexibility index (Phi) is 6.83. The van der Waals surface area contributed by atoms with Gasteiger partial charge >= 0.3 is 6.03 Å². The predicted octanol–water partition coefficient (Wildman–Crippen LogP) is 3.58. The molecule has 0 atom stereocenters. The molecule has 2 rings (SSSR count). The molecule has 25 heavy (non-hydrogen) atoms. The number of amides is 3. The molecule has 0 aliphatic heterocycles. The number of carbonyl (C=O) groups excluding carboxylic acids is 2. The van der Waals surface area contributed by atoms with E-state index in [9.17, 15) is 9.59 Å². The number of benzene rings is 2. The fraction of sp³-hybridized carbons (Fsp3) is 0.263. The third-order valence-electron chi connectivity index (χ3n) is 3.40. The van der Waals surface area contributed by atoms with Crippen LogP contribution >= 0.6 is 0 Å². The molecule has 6 nitrogen and oxygen atoms in total. The number of nitrogens with one attached hydrogen (secondary N) is 3. The van der Waals surface area contributed by atoms with Crippen LogP contribution in [0.2, 0.25) is 0 Å². The Bertz CT molecular complexity index is 685. The van der Waals surface area contributed by atoms with E-state index < -0.39 is 11.9 Å². The van der Waals surface area contributed by atoms with Crippen LogP contribution in [0.15, 0.2) is 54.6 Å². The molecule has 3 amide bonds. The first-order valence-corrected chi connectivity index (χ1v) is 8.20. The van der Waals surface area contributed by atoms with Crippen molar-refractivity contribution < 1.29 is 14.3 Å². The highest BCUT2D eigenvalue weighted by Crippen LogP contribution is 2.13. The minimum Gasteiger partial charge on any atom is -0.494 e. The van der Waals surface area contributed by atoms with Crippen molar-refractivity contribution in [3.63, 3.8) is 0 Å². The first-order chi connectivity index (χ1) is 12.0. The third-order valence-corrected chi connectivity index (χ3v) is 3.40. The molecule has 0 aliphatic carbocycles. The molecule has 0 spiro atoms. The summed E-state index contributed by atoms with van der Waals surface area (Å²) in [5, 5.41) is 2.61. The van der Waals surface area contributed by atoms with Crippen LogP contribution in [-0.2, 0) is 0 Å². The van der Waals surface area contributed by atoms with Crippen LogP contribution in [0.3, 0.4) is 0 Å². The average Bonchev–Trinajstić information content (AvgIpc) is 2.61. The Balaban J connectivity index is 1.77. The van der Waals surface area contributed by atoms with Crippen LogP contribution in [0, 0.1) is 5.92 Å². The molecule has 132 valence electrons. The zero-order valence-corrected chi connectivity index (χ0v) is 14.4. The van der Waals surface area contributed by atoms with Crippen molar-refractivity contribution in [2.75, 3.05) is 11.9 Å². The average molecular weight is 341 g/mol. The second-order valence-corrected chi connectivity index (χ2v) is 5.95. The van der Waals surface area contributed by atoms with E-state index in [2.05, 4.69) is 30.0 Å². The normalized spacial score (nSPS) is 10.2. The van der Waals surface area contributed by atoms with Crippen molar-refractivity contribution >= 4 is 17.6 Å². The smallest absolute Gasteiger partial charge is 0.337 e. The summed E-state index contributed by atoms with van der Waals surface area (Å²) in [6, 6.07) is 15.2. The number of hydrogen-bond acceptors (Lipinski definition) is 3. The molecule has 6 heteroatoms. The van der Waals surface area contributed by atoms with Crippen LogP contribution in [-0.4, -0.2) is 18.5 Å². The molecule has 0 aliphatic rings. The van der Waals surface area contributed by atoms with E-state index in [1.54, 1.807) is 48.5 Å². The number of anilines is 1. The monoisotopic (exact) mass is 341 g/mol. The predicted molar refractivity (Wildman–Crippen MR) is 97.5 cm³/mol. The van der Waals surface area contributed by atoms with Gasteiger partial charge in [-0.05, 0) is 48.7 Å². The van der Waals surface area contributed by atoms with Gasteiger partial charge in [-0.15, -0.1) is 0 Å². The van der Waals surface area contributed by atoms with E-state index in [1.807, 2.05) is 6.07 Å². The molecule has 0 fully saturated rings. The number of hydrazine groups is 1. The highest BCUT2D eigenvalue weighted by Gasteiger charge is 2.07. The third kappa shape index (κ3) is 6.55. The fourth-order valence-corrected chi connectivity index (χ4v) is 1.98. The summed E-state index contributed by atoms with van der Waals surface area (Å²) in [5.41, 5.74) is 5.73. The summed E-state index contributed by atoms with van der Waals surface area (Å²) in [5.74, 6) is 0.891. The lowest BCUT2D eigenvalue weighted by molar-refractivity contribution is 0.0938. The fourth-order valence-electron chi connectivity index (χ4n) is 1.98. The van der Waals surface area contributed by atoms with Gasteiger partial charge in [0.05, 0.1) is 6.61 Å². The van der Waals surface area contributed by atoms with Gasteiger partial charge in [0.15, 0.2) is 0 Å². The molecule has 0 aromatic heterocycles. The second-order valence-electron chi connectivity index (χ2n) is 5.95. The van der Waals surface area contributed by atoms with Crippen molar-refractivity contribution in [3.8, 4) is 5.75 Å². The second kappa shape index (κ2) is 9.32. The van der Waals surface area contributed by atoms with Crippen LogP contribution < -0.4 is 20.9 Å². The van der Waals surface area contributed by atoms with Gasteiger partial charge in [-0.3, -0.25) is 10.2 Å². The van der Waals surface area contributed by atoms with Crippen LogP contribution in [0.25, 0.3) is 0 Å². The number of rotatable bonds is 6. The molecular formula is C19H23N3O3. The molecule has 0 saturated carbocycles. The molecule has 3 N–H and O–H groups in total. The topological polar surface area (TPSA) is 79.5 Å². The molecule has 0 unspecified atom stereocenters. The minimum absolute atomic E-state index is 0.406. The number of urea groups is 1. The van der Waals surface area contributed by atoms with Gasteiger partial charge in [-0.25, -0.2) is 10.2 Å². The van der Waals surface area contributed by atoms with Crippen LogP contribution in [0.5, 0.6) is 5.75 Å². The number of carbonyl (C=O) groups is 2. The quantitative estimate of drug-likeness (QED) is 0.703. The summed E-state index contributed by atoms with van der Waals surface area (Å²) in [6.45, 7) is 4.92. The molecule has 0 bridgehead atoms. The zero-order valence-electron chi connectivity index (χ0n) is 14.4. The van der Waals surface area contributed by atoms with E-state index in [0.29, 0.717) is 29.5 Å². The first-order valence-electron chi connectivity index (χ1n) is 8.20. The van der Waals surface area contributed by atoms with Crippen molar-refractivity contribution in [2.45, 2.75) is 20.3 Å². The van der Waals surface area contributed by atoms with Crippen LogP contribution in [0.4, 0.5) is 10.5 Å². The van der Waals surface area contributed by atoms with E-state index in [-0.39, 0.29) is 0 Å². The van der Waals surface area contributed by atoms with E-state index in [1.165, 1.54) is 0 Å². The number of para-hydroxylation sites is 1. The summed E-state index contributed by atoms with van der Waals surface area (Å²) in [4.78, 5) is 23.7. The molecule has 0 saturated heterocycles. The maximum Gasteiger partial charge on any atom is 0.337 e. The molecule has 2 aromatic carbocycles. The summed E-state index contributed by atoms with van der Waals surface area (Å²) in [7, 11) is 0. The zero-order chi connectivity index (χ0) is 18.1. The highest BCUT2D eigenvalue weighted by atomic mass is 16.5. The van der Waals surface area contributed by atoms with E-state index >= 15 is 0 Å². The van der Waals surface area contributed by atoms with Gasteiger partial charge in [0.2, 0.25) is 0 Å². The van der Waals surface area contributed by atoms with Gasteiger partial charge in [-0.2, -0.15) is 0 Å². The van der Waals surface area contributed by atoms with Gasteiger partial charge in [0.25, 0.3) is 5.91 Å². The van der Waals surface area contributed by atoms with Gasteiger partial charge in [0.1, 0.15) is 5.75 Å². The summed E-state index contributed by atoms with van der Waals surface area (Å²) < 4.78 is 5.60. The SMILES string of the molecule is CC(C)CCOc1ccc(C(=O)NNC(=O)Nc2ccccc2)cc1. The maximum atomic E-state index is 12.0. The molecule has 2 aromatic rings. The lowest BCUT2D eigenvalue weighted by atomic mass is 10.1. The minimum atomic E-state index is -0.520. The Hall–Kier alpha value is -3.02. The van der Waals surface area contributed by atoms with E-state index in [0.717, 1.165) is 6.42 Å². The number of hydrogen-bond donors (Lipinski definition) is 3. The van der Waals surface area contributed by atoms with Crippen molar-refractivity contribution in [3.05, 3.63) is 60.2 Å². The Morgan fingerprint density at radius 3 is 2.28 bits per heavy atom. The molecular weight excluding hydrogens is 318 g/mol. The number of ether oxygens (including phenoxy) is 1. The largest absolute Gasteiger partial charge is 0.494 e. The molecule has 0 heterocycles. The molecule has 0 radical (unpaired) electrons. The van der Waals surface area contributed by atoms with Gasteiger partial charge in [-0.1, -0.05) is 32.0 Å². The van der Waals surface area contributed by atoms with Gasteiger partial charge in [0, 0.05) is 11.3 Å². The summed E-state index contributed by atoms with van der Waals surface area (Å²) in [6.07, 6.45) is 0.975. The first kappa shape index (κ1) is 18.3. The van der Waals surface area contributed by atoms with Crippen molar-refractivity contribution in [1.29, 1.82) is 0 Å². The summed E-state index contributed by atoms with van der Waals surface area (Å²) >= 11 is 0. The lowest BCUT2D eigenvalue weighted by Gasteiger charge is -2.10. The Morgan fingerprint density at radius 1 is 0.960 bits per heavy atom. The maximum absolute atomic E-state index is 12.0. The van der Waals surface area contributed by atoms with Crippen molar-refractivity contribution in [2.24, 2.45) is 5.92 Å².